The Morgan fingerprint density at radius 3 is 2.52 bits per heavy atom. The number of halogens is 3. The molecule has 0 aliphatic carbocycles. The fourth-order valence-corrected chi connectivity index (χ4v) is 2.37. The lowest BCUT2D eigenvalue weighted by atomic mass is 10.1. The van der Waals surface area contributed by atoms with Gasteiger partial charge in [0.2, 0.25) is 0 Å². The molecule has 0 heterocycles. The second-order valence-electron chi connectivity index (χ2n) is 4.24. The number of carbonyl (C=O) groups is 1. The summed E-state index contributed by atoms with van der Waals surface area (Å²) in [4.78, 5) is 11.7. The van der Waals surface area contributed by atoms with E-state index in [2.05, 4.69) is 10.1 Å². The van der Waals surface area contributed by atoms with Crippen molar-refractivity contribution in [3.05, 3.63) is 63.4 Å². The van der Waals surface area contributed by atoms with E-state index in [1.54, 1.807) is 18.2 Å². The molecule has 2 rings (SSSR count). The minimum absolute atomic E-state index is 0.238. The van der Waals surface area contributed by atoms with E-state index in [4.69, 9.17) is 23.2 Å². The zero-order chi connectivity index (χ0) is 15.4. The third-order valence-corrected chi connectivity index (χ3v) is 3.61. The maximum absolute atomic E-state index is 13.4. The quantitative estimate of drug-likeness (QED) is 0.838. The molecule has 0 radical (unpaired) electrons. The second kappa shape index (κ2) is 6.78. The summed E-state index contributed by atoms with van der Waals surface area (Å²) in [5.74, 6) is -1.02. The van der Waals surface area contributed by atoms with Crippen LogP contribution in [0.4, 0.5) is 10.1 Å². The lowest BCUT2D eigenvalue weighted by molar-refractivity contribution is 0.0602. The fraction of sp³-hybridized carbons (Fsp3) is 0.133. The highest BCUT2D eigenvalue weighted by Crippen LogP contribution is 2.26. The number of esters is 1. The van der Waals surface area contributed by atoms with Gasteiger partial charge < -0.3 is 10.1 Å². The molecule has 21 heavy (non-hydrogen) atoms. The summed E-state index contributed by atoms with van der Waals surface area (Å²) in [6.45, 7) is 0.256. The van der Waals surface area contributed by atoms with Gasteiger partial charge in [-0.15, -0.1) is 0 Å². The minimum atomic E-state index is -0.553. The van der Waals surface area contributed by atoms with Gasteiger partial charge in [0, 0.05) is 22.2 Å². The number of nitrogens with one attached hydrogen (secondary N) is 1. The number of methoxy groups -OCH3 is 1. The number of rotatable bonds is 4. The molecule has 2 aromatic rings. The average Bonchev–Trinajstić information content (AvgIpc) is 2.46. The van der Waals surface area contributed by atoms with Crippen molar-refractivity contribution in [1.82, 2.24) is 0 Å². The van der Waals surface area contributed by atoms with Crippen molar-refractivity contribution in [2.75, 3.05) is 12.4 Å². The van der Waals surface area contributed by atoms with Crippen LogP contribution in [0.25, 0.3) is 0 Å². The van der Waals surface area contributed by atoms with Gasteiger partial charge in [-0.05, 0) is 30.3 Å². The van der Waals surface area contributed by atoms with Crippen LogP contribution in [-0.4, -0.2) is 13.1 Å². The summed E-state index contributed by atoms with van der Waals surface area (Å²) >= 11 is 12.1. The minimum Gasteiger partial charge on any atom is -0.465 e. The number of carbonyl (C=O) groups excluding carboxylic acids is 1. The Labute approximate surface area is 131 Å². The van der Waals surface area contributed by atoms with Gasteiger partial charge in [-0.3, -0.25) is 0 Å². The molecular weight excluding hydrogens is 316 g/mol. The van der Waals surface area contributed by atoms with Crippen LogP contribution in [-0.2, 0) is 11.3 Å². The molecule has 0 spiro atoms. The highest BCUT2D eigenvalue weighted by atomic mass is 35.5. The maximum Gasteiger partial charge on any atom is 0.339 e. The number of benzene rings is 2. The van der Waals surface area contributed by atoms with E-state index in [1.807, 2.05) is 0 Å². The largest absolute Gasteiger partial charge is 0.465 e. The van der Waals surface area contributed by atoms with Gasteiger partial charge >= 0.3 is 5.97 Å². The van der Waals surface area contributed by atoms with Crippen molar-refractivity contribution in [3.63, 3.8) is 0 Å². The highest BCUT2D eigenvalue weighted by Gasteiger charge is 2.13. The van der Waals surface area contributed by atoms with Gasteiger partial charge in [0.15, 0.2) is 0 Å². The molecule has 0 aromatic heterocycles. The summed E-state index contributed by atoms with van der Waals surface area (Å²) in [5, 5.41) is 3.94. The molecule has 2 aromatic carbocycles. The molecule has 0 amide bonds. The van der Waals surface area contributed by atoms with Crippen molar-refractivity contribution in [2.45, 2.75) is 6.54 Å². The summed E-state index contributed by atoms with van der Waals surface area (Å²) < 4.78 is 18.0. The molecular formula is C15H12Cl2FNO2. The second-order valence-corrected chi connectivity index (χ2v) is 5.05. The first-order valence-electron chi connectivity index (χ1n) is 6.07. The predicted octanol–water partition coefficient (Wildman–Crippen LogP) is 4.53. The van der Waals surface area contributed by atoms with Crippen LogP contribution in [0.2, 0.25) is 10.0 Å². The fourth-order valence-electron chi connectivity index (χ4n) is 1.84. The zero-order valence-corrected chi connectivity index (χ0v) is 12.6. The topological polar surface area (TPSA) is 38.3 Å². The van der Waals surface area contributed by atoms with Crippen LogP contribution in [0.1, 0.15) is 15.9 Å². The first-order chi connectivity index (χ1) is 10.0. The van der Waals surface area contributed by atoms with Crippen molar-refractivity contribution in [1.29, 1.82) is 0 Å². The molecule has 6 heteroatoms. The average molecular weight is 328 g/mol. The van der Waals surface area contributed by atoms with Crippen LogP contribution < -0.4 is 5.32 Å². The molecule has 0 saturated carbocycles. The standard InChI is InChI=1S/C15H12Cl2FNO2/c1-21-15(20)10-6-5-9(18)7-14(10)19-8-11-12(16)3-2-4-13(11)17/h2-7,19H,8H2,1H3. The third-order valence-electron chi connectivity index (χ3n) is 2.90. The Morgan fingerprint density at radius 1 is 1.24 bits per heavy atom. The highest BCUT2D eigenvalue weighted by molar-refractivity contribution is 6.36. The van der Waals surface area contributed by atoms with Crippen LogP contribution >= 0.6 is 23.2 Å². The van der Waals surface area contributed by atoms with Gasteiger partial charge in [-0.2, -0.15) is 0 Å². The number of ether oxygens (including phenoxy) is 1. The van der Waals surface area contributed by atoms with Gasteiger partial charge in [0.25, 0.3) is 0 Å². The Morgan fingerprint density at radius 2 is 1.90 bits per heavy atom. The first-order valence-corrected chi connectivity index (χ1v) is 6.83. The van der Waals surface area contributed by atoms with Gasteiger partial charge in [0.05, 0.1) is 18.4 Å². The number of hydrogen-bond donors (Lipinski definition) is 1. The monoisotopic (exact) mass is 327 g/mol. The molecule has 0 unspecified atom stereocenters. The Bertz CT molecular complexity index is 656. The lowest BCUT2D eigenvalue weighted by Gasteiger charge is -2.13. The maximum atomic E-state index is 13.4. The van der Waals surface area contributed by atoms with E-state index in [-0.39, 0.29) is 12.1 Å². The Kier molecular flexibility index (Phi) is 5.04. The molecule has 110 valence electrons. The van der Waals surface area contributed by atoms with Crippen molar-refractivity contribution in [2.24, 2.45) is 0 Å². The number of anilines is 1. The molecule has 0 fully saturated rings. The SMILES string of the molecule is COC(=O)c1ccc(F)cc1NCc1c(Cl)cccc1Cl. The Balaban J connectivity index is 2.27. The smallest absolute Gasteiger partial charge is 0.339 e. The molecule has 0 aliphatic heterocycles. The van der Waals surface area contributed by atoms with Crippen LogP contribution in [0, 0.1) is 5.82 Å². The predicted molar refractivity (Wildman–Crippen MR) is 81.5 cm³/mol. The molecule has 3 nitrogen and oxygen atoms in total. The van der Waals surface area contributed by atoms with E-state index in [0.29, 0.717) is 21.3 Å². The van der Waals surface area contributed by atoms with E-state index in [9.17, 15) is 9.18 Å². The third kappa shape index (κ3) is 3.65. The van der Waals surface area contributed by atoms with Gasteiger partial charge in [0.1, 0.15) is 5.82 Å². The zero-order valence-electron chi connectivity index (χ0n) is 11.1. The molecule has 0 bridgehead atoms. The van der Waals surface area contributed by atoms with E-state index in [0.717, 1.165) is 0 Å². The van der Waals surface area contributed by atoms with E-state index >= 15 is 0 Å². The van der Waals surface area contributed by atoms with E-state index in [1.165, 1.54) is 25.3 Å². The summed E-state index contributed by atoms with van der Waals surface area (Å²) in [7, 11) is 1.26. The van der Waals surface area contributed by atoms with Crippen molar-refractivity contribution >= 4 is 34.9 Å². The molecule has 0 saturated heterocycles. The van der Waals surface area contributed by atoms with Crippen molar-refractivity contribution < 1.29 is 13.9 Å². The first kappa shape index (κ1) is 15.6. The molecule has 0 aliphatic rings. The molecule has 1 N–H and O–H groups in total. The van der Waals surface area contributed by atoms with Crippen LogP contribution in [0.3, 0.4) is 0 Å². The molecule has 0 atom stereocenters. The lowest BCUT2D eigenvalue weighted by Crippen LogP contribution is -2.09. The van der Waals surface area contributed by atoms with Gasteiger partial charge in [-0.25, -0.2) is 9.18 Å². The number of hydrogen-bond acceptors (Lipinski definition) is 3. The van der Waals surface area contributed by atoms with E-state index < -0.39 is 11.8 Å². The van der Waals surface area contributed by atoms with Crippen LogP contribution in [0.15, 0.2) is 36.4 Å². The summed E-state index contributed by atoms with van der Waals surface area (Å²) in [6.07, 6.45) is 0. The normalized spacial score (nSPS) is 10.3. The summed E-state index contributed by atoms with van der Waals surface area (Å²) in [6, 6.07) is 8.92. The van der Waals surface area contributed by atoms with Crippen molar-refractivity contribution in [3.8, 4) is 0 Å². The summed E-state index contributed by atoms with van der Waals surface area (Å²) in [5.41, 5.74) is 1.22. The Hall–Kier alpha value is -1.78. The van der Waals surface area contributed by atoms with Gasteiger partial charge in [-0.1, -0.05) is 29.3 Å². The van der Waals surface area contributed by atoms with Crippen LogP contribution in [0.5, 0.6) is 0 Å².